The van der Waals surface area contributed by atoms with Crippen molar-refractivity contribution in [1.29, 1.82) is 0 Å². The molecule has 1 atom stereocenters. The normalized spacial score (nSPS) is 13.7. The van der Waals surface area contributed by atoms with Crippen molar-refractivity contribution in [3.8, 4) is 0 Å². The quantitative estimate of drug-likeness (QED) is 0.432. The molecule has 3 nitrogen and oxygen atoms in total. The maximum absolute atomic E-state index is 14.0. The Morgan fingerprint density at radius 3 is 2.67 bits per heavy atom. The van der Waals surface area contributed by atoms with Gasteiger partial charge in [0.05, 0.1) is 12.9 Å². The van der Waals surface area contributed by atoms with Crippen LogP contribution in [0.1, 0.15) is 18.9 Å². The van der Waals surface area contributed by atoms with Crippen LogP contribution in [0.2, 0.25) is 0 Å². The van der Waals surface area contributed by atoms with Gasteiger partial charge in [0, 0.05) is 0 Å². The van der Waals surface area contributed by atoms with Gasteiger partial charge in [0.25, 0.3) is 5.92 Å². The summed E-state index contributed by atoms with van der Waals surface area (Å²) in [6.07, 6.45) is 3.24. The van der Waals surface area contributed by atoms with E-state index in [1.807, 2.05) is 18.2 Å². The first kappa shape index (κ1) is 17.4. The van der Waals surface area contributed by atoms with Crippen molar-refractivity contribution in [2.75, 3.05) is 0 Å². The summed E-state index contributed by atoms with van der Waals surface area (Å²) in [7, 11) is 0.408. The van der Waals surface area contributed by atoms with Gasteiger partial charge in [0.15, 0.2) is 0 Å². The topological polar surface area (TPSA) is 38.7 Å². The second kappa shape index (κ2) is 9.31. The first-order valence-electron chi connectivity index (χ1n) is 6.59. The molecule has 0 aliphatic rings. The lowest BCUT2D eigenvalue weighted by atomic mass is 10.1. The Morgan fingerprint density at radius 2 is 2.05 bits per heavy atom. The molecule has 0 fully saturated rings. The molecule has 0 aliphatic heterocycles. The minimum atomic E-state index is -3.17. The van der Waals surface area contributed by atoms with Crippen LogP contribution in [0.5, 0.6) is 0 Å². The SMILES string of the molecule is CC/C=C/C(F)(F)C(/C=C/O[B]O)OCc1ccccc1. The molecule has 0 saturated carbocycles. The highest BCUT2D eigenvalue weighted by atomic mass is 19.3. The Balaban J connectivity index is 2.74. The van der Waals surface area contributed by atoms with Crippen LogP contribution in [0, 0.1) is 0 Å². The van der Waals surface area contributed by atoms with Crippen molar-refractivity contribution < 1.29 is 23.2 Å². The summed E-state index contributed by atoms with van der Waals surface area (Å²) < 4.78 is 37.7. The zero-order valence-electron chi connectivity index (χ0n) is 11.8. The minimum absolute atomic E-state index is 0.0498. The maximum Gasteiger partial charge on any atom is 0.568 e. The van der Waals surface area contributed by atoms with Crippen LogP contribution in [0.4, 0.5) is 8.78 Å². The lowest BCUT2D eigenvalue weighted by Crippen LogP contribution is -2.32. The van der Waals surface area contributed by atoms with Crippen molar-refractivity contribution in [3.05, 3.63) is 60.4 Å². The second-order valence-corrected chi connectivity index (χ2v) is 4.27. The molecule has 1 aromatic carbocycles. The fraction of sp³-hybridized carbons (Fsp3) is 0.333. The largest absolute Gasteiger partial charge is 0.568 e. The Morgan fingerprint density at radius 1 is 1.33 bits per heavy atom. The van der Waals surface area contributed by atoms with Crippen LogP contribution in [0.25, 0.3) is 0 Å². The highest BCUT2D eigenvalue weighted by molar-refractivity contribution is 6.16. The summed E-state index contributed by atoms with van der Waals surface area (Å²) in [5.74, 6) is -3.17. The fourth-order valence-electron chi connectivity index (χ4n) is 1.58. The van der Waals surface area contributed by atoms with Crippen LogP contribution >= 0.6 is 0 Å². The smallest absolute Gasteiger partial charge is 0.543 e. The number of ether oxygens (including phenoxy) is 1. The molecule has 0 amide bonds. The minimum Gasteiger partial charge on any atom is -0.543 e. The number of alkyl halides is 2. The summed E-state index contributed by atoms with van der Waals surface area (Å²) >= 11 is 0. The molecule has 113 valence electrons. The van der Waals surface area contributed by atoms with E-state index in [4.69, 9.17) is 9.76 Å². The molecule has 0 aliphatic carbocycles. The van der Waals surface area contributed by atoms with E-state index in [1.54, 1.807) is 19.1 Å². The predicted molar refractivity (Wildman–Crippen MR) is 77.6 cm³/mol. The van der Waals surface area contributed by atoms with Gasteiger partial charge in [-0.1, -0.05) is 43.3 Å². The number of allylic oxidation sites excluding steroid dienone is 1. The molecule has 0 saturated heterocycles. The summed E-state index contributed by atoms with van der Waals surface area (Å²) in [6, 6.07) is 9.03. The lowest BCUT2D eigenvalue weighted by molar-refractivity contribution is -0.0885. The summed E-state index contributed by atoms with van der Waals surface area (Å²) in [4.78, 5) is 0. The van der Waals surface area contributed by atoms with Gasteiger partial charge in [0.2, 0.25) is 0 Å². The summed E-state index contributed by atoms with van der Waals surface area (Å²) in [5.41, 5.74) is 0.792. The average Bonchev–Trinajstić information content (AvgIpc) is 2.49. The van der Waals surface area contributed by atoms with Gasteiger partial charge in [-0.3, -0.25) is 0 Å². The molecule has 0 bridgehead atoms. The van der Waals surface area contributed by atoms with Crippen molar-refractivity contribution >= 4 is 7.69 Å². The van der Waals surface area contributed by atoms with Crippen molar-refractivity contribution in [1.82, 2.24) is 0 Å². The Kier molecular flexibility index (Phi) is 7.71. The second-order valence-electron chi connectivity index (χ2n) is 4.27. The third kappa shape index (κ3) is 6.55. The summed E-state index contributed by atoms with van der Waals surface area (Å²) in [6.45, 7) is 1.82. The molecule has 0 spiro atoms. The highest BCUT2D eigenvalue weighted by Crippen LogP contribution is 2.25. The van der Waals surface area contributed by atoms with Gasteiger partial charge in [0.1, 0.15) is 6.10 Å². The van der Waals surface area contributed by atoms with Crippen molar-refractivity contribution in [3.63, 3.8) is 0 Å². The third-order valence-electron chi connectivity index (χ3n) is 2.62. The Bertz CT molecular complexity index is 449. The molecule has 1 unspecified atom stereocenters. The van der Waals surface area contributed by atoms with E-state index in [2.05, 4.69) is 4.65 Å². The van der Waals surface area contributed by atoms with E-state index in [-0.39, 0.29) is 6.61 Å². The first-order chi connectivity index (χ1) is 10.1. The molecule has 1 N–H and O–H groups in total. The van der Waals surface area contributed by atoms with Crippen LogP contribution < -0.4 is 0 Å². The standard InChI is InChI=1S/C15H18BF2O3/c1-2-3-10-15(17,18)14(9-11-21-16-19)20-12-13-7-5-4-6-8-13/h3-11,14,19H,2,12H2,1H3/b10-3+,11-9+. The number of hydrogen-bond acceptors (Lipinski definition) is 3. The van der Waals surface area contributed by atoms with E-state index in [1.165, 1.54) is 6.08 Å². The highest BCUT2D eigenvalue weighted by Gasteiger charge is 2.36. The third-order valence-corrected chi connectivity index (χ3v) is 2.62. The van der Waals surface area contributed by atoms with Crippen molar-refractivity contribution in [2.24, 2.45) is 0 Å². The van der Waals surface area contributed by atoms with Crippen LogP contribution in [-0.4, -0.2) is 24.7 Å². The fourth-order valence-corrected chi connectivity index (χ4v) is 1.58. The van der Waals surface area contributed by atoms with E-state index in [0.717, 1.165) is 24.0 Å². The summed E-state index contributed by atoms with van der Waals surface area (Å²) in [5, 5.41) is 8.39. The van der Waals surface area contributed by atoms with Gasteiger partial charge in [-0.2, -0.15) is 8.78 Å². The van der Waals surface area contributed by atoms with Crippen LogP contribution in [0.15, 0.2) is 54.8 Å². The van der Waals surface area contributed by atoms with Gasteiger partial charge in [-0.05, 0) is 24.1 Å². The van der Waals surface area contributed by atoms with Gasteiger partial charge >= 0.3 is 7.69 Å². The molecule has 1 radical (unpaired) electrons. The van der Waals surface area contributed by atoms with E-state index in [0.29, 0.717) is 14.1 Å². The maximum atomic E-state index is 14.0. The first-order valence-corrected chi connectivity index (χ1v) is 6.59. The molecule has 1 aromatic rings. The molecular weight excluding hydrogens is 277 g/mol. The van der Waals surface area contributed by atoms with Gasteiger partial charge in [-0.15, -0.1) is 0 Å². The number of benzene rings is 1. The Labute approximate surface area is 124 Å². The molecule has 1 rings (SSSR count). The molecule has 0 heterocycles. The number of hydrogen-bond donors (Lipinski definition) is 1. The lowest BCUT2D eigenvalue weighted by Gasteiger charge is -2.22. The van der Waals surface area contributed by atoms with Crippen LogP contribution in [0.3, 0.4) is 0 Å². The van der Waals surface area contributed by atoms with E-state index in [9.17, 15) is 8.78 Å². The number of halogens is 2. The molecule has 0 aromatic heterocycles. The van der Waals surface area contributed by atoms with Crippen molar-refractivity contribution in [2.45, 2.75) is 32.0 Å². The van der Waals surface area contributed by atoms with E-state index >= 15 is 0 Å². The number of rotatable bonds is 9. The zero-order valence-corrected chi connectivity index (χ0v) is 11.8. The average molecular weight is 295 g/mol. The monoisotopic (exact) mass is 295 g/mol. The van der Waals surface area contributed by atoms with E-state index < -0.39 is 12.0 Å². The van der Waals surface area contributed by atoms with Gasteiger partial charge in [-0.25, -0.2) is 0 Å². The predicted octanol–water partition coefficient (Wildman–Crippen LogP) is 3.23. The molecule has 21 heavy (non-hydrogen) atoms. The molecular formula is C15H18BF2O3. The van der Waals surface area contributed by atoms with Crippen LogP contribution in [-0.2, 0) is 16.0 Å². The molecule has 6 heteroatoms. The van der Waals surface area contributed by atoms with Gasteiger partial charge < -0.3 is 14.4 Å². The Hall–Kier alpha value is -1.66. The zero-order chi connectivity index (χ0) is 15.6.